The molecule has 1 aromatic rings. The third kappa shape index (κ3) is 3.48. The Morgan fingerprint density at radius 2 is 2.14 bits per heavy atom. The smallest absolute Gasteiger partial charge is 0.242 e. The summed E-state index contributed by atoms with van der Waals surface area (Å²) in [6.07, 6.45) is 2.14. The molecule has 1 aliphatic rings. The minimum atomic E-state index is -3.53. The van der Waals surface area contributed by atoms with Crippen molar-refractivity contribution < 1.29 is 8.42 Å². The zero-order valence-electron chi connectivity index (χ0n) is 12.8. The largest absolute Gasteiger partial charge is 0.399 e. The normalized spacial score (nSPS) is 19.4. The van der Waals surface area contributed by atoms with Gasteiger partial charge in [-0.3, -0.25) is 0 Å². The predicted molar refractivity (Wildman–Crippen MR) is 86.0 cm³/mol. The van der Waals surface area contributed by atoms with Crippen LogP contribution in [0.4, 0.5) is 11.4 Å². The van der Waals surface area contributed by atoms with E-state index >= 15 is 0 Å². The highest BCUT2D eigenvalue weighted by Gasteiger charge is 2.29. The molecule has 1 unspecified atom stereocenters. The third-order valence-electron chi connectivity index (χ3n) is 3.80. The lowest BCUT2D eigenvalue weighted by atomic mass is 10.2. The fourth-order valence-corrected chi connectivity index (χ4v) is 3.83. The molecule has 3 N–H and O–H groups in total. The van der Waals surface area contributed by atoms with Gasteiger partial charge in [-0.1, -0.05) is 0 Å². The molecule has 0 amide bonds. The van der Waals surface area contributed by atoms with E-state index in [1.807, 2.05) is 20.2 Å². The summed E-state index contributed by atoms with van der Waals surface area (Å²) in [4.78, 5) is 4.58. The highest BCUT2D eigenvalue weighted by atomic mass is 32.2. The van der Waals surface area contributed by atoms with Crippen LogP contribution in [0, 0.1) is 0 Å². The first kappa shape index (κ1) is 16.1. The van der Waals surface area contributed by atoms with Crippen molar-refractivity contribution >= 4 is 21.4 Å². The number of benzene rings is 1. The van der Waals surface area contributed by atoms with E-state index in [0.29, 0.717) is 11.7 Å². The second kappa shape index (κ2) is 6.21. The number of anilines is 2. The van der Waals surface area contributed by atoms with Crippen molar-refractivity contribution in [2.45, 2.75) is 23.8 Å². The van der Waals surface area contributed by atoms with Gasteiger partial charge < -0.3 is 15.5 Å². The monoisotopic (exact) mass is 312 g/mol. The van der Waals surface area contributed by atoms with Gasteiger partial charge in [0.1, 0.15) is 4.90 Å². The molecule has 1 atom stereocenters. The van der Waals surface area contributed by atoms with Crippen molar-refractivity contribution in [3.05, 3.63) is 18.2 Å². The standard InChI is InChI=1S/C14H24N4O2S/c1-16-21(19,20)14-9-11(15)6-7-13(14)18-8-4-5-12(18)10-17(2)3/h6-7,9,12,16H,4-5,8,10,15H2,1-3H3. The van der Waals surface area contributed by atoms with E-state index < -0.39 is 10.0 Å². The molecule has 0 aliphatic carbocycles. The number of nitrogens with two attached hydrogens (primary N) is 1. The fourth-order valence-electron chi connectivity index (χ4n) is 2.86. The average molecular weight is 312 g/mol. The molecule has 21 heavy (non-hydrogen) atoms. The second-order valence-corrected chi connectivity index (χ2v) is 7.54. The van der Waals surface area contributed by atoms with Crippen molar-refractivity contribution in [3.8, 4) is 0 Å². The maximum absolute atomic E-state index is 12.3. The number of rotatable bonds is 5. The Morgan fingerprint density at radius 1 is 1.43 bits per heavy atom. The summed E-state index contributed by atoms with van der Waals surface area (Å²) >= 11 is 0. The number of hydrogen-bond donors (Lipinski definition) is 2. The summed E-state index contributed by atoms with van der Waals surface area (Å²) in [5.74, 6) is 0. The van der Waals surface area contributed by atoms with Crippen molar-refractivity contribution in [3.63, 3.8) is 0 Å². The molecule has 0 saturated carbocycles. The Morgan fingerprint density at radius 3 is 2.76 bits per heavy atom. The topological polar surface area (TPSA) is 78.7 Å². The van der Waals surface area contributed by atoms with E-state index in [-0.39, 0.29) is 4.90 Å². The predicted octanol–water partition coefficient (Wildman–Crippen LogP) is 0.707. The molecule has 0 spiro atoms. The van der Waals surface area contributed by atoms with E-state index in [4.69, 9.17) is 5.73 Å². The van der Waals surface area contributed by atoms with Crippen LogP contribution in [0.1, 0.15) is 12.8 Å². The maximum Gasteiger partial charge on any atom is 0.242 e. The van der Waals surface area contributed by atoms with Crippen molar-refractivity contribution in [2.75, 3.05) is 44.9 Å². The lowest BCUT2D eigenvalue weighted by Gasteiger charge is -2.30. The van der Waals surface area contributed by atoms with E-state index in [2.05, 4.69) is 14.5 Å². The van der Waals surface area contributed by atoms with Crippen LogP contribution in [-0.2, 0) is 10.0 Å². The van der Waals surface area contributed by atoms with Crippen LogP contribution in [0.15, 0.2) is 23.1 Å². The minimum Gasteiger partial charge on any atom is -0.399 e. The van der Waals surface area contributed by atoms with Crippen LogP contribution in [-0.4, -0.2) is 53.6 Å². The van der Waals surface area contributed by atoms with Crippen LogP contribution in [0.2, 0.25) is 0 Å². The molecule has 1 fully saturated rings. The summed E-state index contributed by atoms with van der Waals surface area (Å²) in [6.45, 7) is 1.78. The molecular formula is C14H24N4O2S. The fraction of sp³-hybridized carbons (Fsp3) is 0.571. The van der Waals surface area contributed by atoms with Gasteiger partial charge in [0.05, 0.1) is 5.69 Å². The van der Waals surface area contributed by atoms with Crippen LogP contribution in [0.3, 0.4) is 0 Å². The molecule has 0 radical (unpaired) electrons. The van der Waals surface area contributed by atoms with Gasteiger partial charge in [0, 0.05) is 24.8 Å². The van der Waals surface area contributed by atoms with Gasteiger partial charge in [-0.25, -0.2) is 13.1 Å². The lowest BCUT2D eigenvalue weighted by molar-refractivity contribution is 0.371. The zero-order valence-corrected chi connectivity index (χ0v) is 13.7. The molecule has 7 heteroatoms. The highest BCUT2D eigenvalue weighted by molar-refractivity contribution is 7.89. The molecule has 2 rings (SSSR count). The van der Waals surface area contributed by atoms with Gasteiger partial charge in [-0.15, -0.1) is 0 Å². The van der Waals surface area contributed by atoms with Gasteiger partial charge in [-0.2, -0.15) is 0 Å². The number of hydrogen-bond acceptors (Lipinski definition) is 5. The Labute approximate surface area is 127 Å². The molecule has 0 bridgehead atoms. The SMILES string of the molecule is CNS(=O)(=O)c1cc(N)ccc1N1CCCC1CN(C)C. The number of nitrogens with zero attached hydrogens (tertiary/aromatic N) is 2. The molecule has 1 heterocycles. The van der Waals surface area contributed by atoms with E-state index in [1.54, 1.807) is 6.07 Å². The van der Waals surface area contributed by atoms with Crippen molar-refractivity contribution in [2.24, 2.45) is 0 Å². The Bertz CT molecular complexity index is 601. The first-order valence-electron chi connectivity index (χ1n) is 7.09. The van der Waals surface area contributed by atoms with Gasteiger partial charge in [-0.05, 0) is 52.2 Å². The number of likely N-dealkylation sites (N-methyl/N-ethyl adjacent to an activating group) is 1. The number of nitrogen functional groups attached to an aromatic ring is 1. The quantitative estimate of drug-likeness (QED) is 0.783. The van der Waals surface area contributed by atoms with Crippen LogP contribution >= 0.6 is 0 Å². The highest BCUT2D eigenvalue weighted by Crippen LogP contribution is 2.32. The minimum absolute atomic E-state index is 0.260. The molecule has 1 saturated heterocycles. The van der Waals surface area contributed by atoms with Crippen molar-refractivity contribution in [1.82, 2.24) is 9.62 Å². The van der Waals surface area contributed by atoms with Crippen LogP contribution in [0.25, 0.3) is 0 Å². The lowest BCUT2D eigenvalue weighted by Crippen LogP contribution is -2.38. The summed E-state index contributed by atoms with van der Waals surface area (Å²) in [6, 6.07) is 5.43. The van der Waals surface area contributed by atoms with E-state index in [0.717, 1.165) is 31.6 Å². The zero-order chi connectivity index (χ0) is 15.6. The number of nitrogens with one attached hydrogen (secondary N) is 1. The molecular weight excluding hydrogens is 288 g/mol. The van der Waals surface area contributed by atoms with Gasteiger partial charge in [0.25, 0.3) is 0 Å². The first-order valence-corrected chi connectivity index (χ1v) is 8.58. The van der Waals surface area contributed by atoms with Crippen molar-refractivity contribution in [1.29, 1.82) is 0 Å². The molecule has 118 valence electrons. The van der Waals surface area contributed by atoms with E-state index in [1.165, 1.54) is 13.1 Å². The van der Waals surface area contributed by atoms with Gasteiger partial charge in [0.2, 0.25) is 10.0 Å². The van der Waals surface area contributed by atoms with Crippen LogP contribution < -0.4 is 15.4 Å². The van der Waals surface area contributed by atoms with Gasteiger partial charge in [0.15, 0.2) is 0 Å². The Balaban J connectivity index is 2.44. The first-order chi connectivity index (χ1) is 9.85. The molecule has 0 aromatic heterocycles. The molecule has 6 nitrogen and oxygen atoms in total. The third-order valence-corrected chi connectivity index (χ3v) is 5.25. The van der Waals surface area contributed by atoms with Crippen LogP contribution in [0.5, 0.6) is 0 Å². The molecule has 1 aromatic carbocycles. The summed E-state index contributed by atoms with van der Waals surface area (Å²) in [5.41, 5.74) is 6.97. The summed E-state index contributed by atoms with van der Waals surface area (Å²) < 4.78 is 26.9. The second-order valence-electron chi connectivity index (χ2n) is 5.69. The summed E-state index contributed by atoms with van der Waals surface area (Å²) in [5, 5.41) is 0. The summed E-state index contributed by atoms with van der Waals surface area (Å²) in [7, 11) is 1.96. The van der Waals surface area contributed by atoms with E-state index in [9.17, 15) is 8.42 Å². The Kier molecular flexibility index (Phi) is 4.75. The Hall–Kier alpha value is -1.31. The maximum atomic E-state index is 12.3. The van der Waals surface area contributed by atoms with Gasteiger partial charge >= 0.3 is 0 Å². The average Bonchev–Trinajstić information content (AvgIpc) is 2.86. The molecule has 1 aliphatic heterocycles. The number of sulfonamides is 1.